The topological polar surface area (TPSA) is 49.7 Å². The maximum absolute atomic E-state index is 9.60. The first kappa shape index (κ1) is 11.0. The van der Waals surface area contributed by atoms with Crippen molar-refractivity contribution in [2.75, 3.05) is 13.2 Å². The Morgan fingerprint density at radius 2 is 2.15 bits per heavy atom. The van der Waals surface area contributed by atoms with Gasteiger partial charge in [-0.25, -0.2) is 0 Å². The summed E-state index contributed by atoms with van der Waals surface area (Å²) in [6.07, 6.45) is 2.05. The summed E-state index contributed by atoms with van der Waals surface area (Å²) in [5.74, 6) is 0.208. The molecule has 3 heteroatoms. The van der Waals surface area contributed by atoms with Gasteiger partial charge < -0.3 is 14.9 Å². The summed E-state index contributed by atoms with van der Waals surface area (Å²) in [4.78, 5) is 0. The van der Waals surface area contributed by atoms with E-state index >= 15 is 0 Å². The summed E-state index contributed by atoms with van der Waals surface area (Å²) in [6, 6.07) is 0. The molecule has 13 heavy (non-hydrogen) atoms. The summed E-state index contributed by atoms with van der Waals surface area (Å²) in [7, 11) is 0. The Kier molecular flexibility index (Phi) is 3.71. The molecule has 1 aliphatic rings. The number of aliphatic hydroxyl groups is 2. The first-order valence-corrected chi connectivity index (χ1v) is 4.97. The molecule has 78 valence electrons. The highest BCUT2D eigenvalue weighted by Gasteiger charge is 2.25. The zero-order valence-corrected chi connectivity index (χ0v) is 8.49. The van der Waals surface area contributed by atoms with Gasteiger partial charge in [-0.2, -0.15) is 0 Å². The van der Waals surface area contributed by atoms with E-state index in [2.05, 4.69) is 0 Å². The van der Waals surface area contributed by atoms with E-state index in [0.717, 1.165) is 19.3 Å². The molecule has 1 heterocycles. The Morgan fingerprint density at radius 1 is 1.46 bits per heavy atom. The summed E-state index contributed by atoms with van der Waals surface area (Å²) >= 11 is 0. The summed E-state index contributed by atoms with van der Waals surface area (Å²) in [6.45, 7) is 4.89. The molecule has 2 unspecified atom stereocenters. The van der Waals surface area contributed by atoms with Crippen molar-refractivity contribution in [1.82, 2.24) is 0 Å². The Hall–Kier alpha value is -0.120. The van der Waals surface area contributed by atoms with E-state index in [1.165, 1.54) is 0 Å². The fourth-order valence-electron chi connectivity index (χ4n) is 1.60. The van der Waals surface area contributed by atoms with E-state index in [1.807, 2.05) is 0 Å². The molecule has 3 nitrogen and oxygen atoms in total. The van der Waals surface area contributed by atoms with E-state index in [1.54, 1.807) is 13.8 Å². The van der Waals surface area contributed by atoms with Gasteiger partial charge in [0.25, 0.3) is 0 Å². The van der Waals surface area contributed by atoms with Crippen molar-refractivity contribution in [2.45, 2.75) is 44.8 Å². The Bertz CT molecular complexity index is 151. The molecule has 0 aromatic rings. The Morgan fingerprint density at radius 3 is 2.69 bits per heavy atom. The van der Waals surface area contributed by atoms with Crippen LogP contribution in [0.3, 0.4) is 0 Å². The second-order valence-corrected chi connectivity index (χ2v) is 4.54. The average Bonchev–Trinajstić information content (AvgIpc) is 2.01. The lowest BCUT2D eigenvalue weighted by molar-refractivity contribution is -0.0467. The van der Waals surface area contributed by atoms with Gasteiger partial charge in [0.2, 0.25) is 0 Å². The molecular formula is C10H20O3. The maximum atomic E-state index is 9.60. The van der Waals surface area contributed by atoms with Gasteiger partial charge in [0.15, 0.2) is 0 Å². The van der Waals surface area contributed by atoms with Gasteiger partial charge >= 0.3 is 0 Å². The van der Waals surface area contributed by atoms with Gasteiger partial charge in [-0.1, -0.05) is 0 Å². The van der Waals surface area contributed by atoms with Gasteiger partial charge in [-0.3, -0.25) is 0 Å². The van der Waals surface area contributed by atoms with E-state index in [0.29, 0.717) is 13.2 Å². The third-order valence-corrected chi connectivity index (χ3v) is 2.56. The van der Waals surface area contributed by atoms with Crippen molar-refractivity contribution < 1.29 is 14.9 Å². The lowest BCUT2D eigenvalue weighted by Gasteiger charge is -2.29. The SMILES string of the molecule is CC(C)(O)CCC1COCCC1O. The van der Waals surface area contributed by atoms with E-state index in [9.17, 15) is 10.2 Å². The van der Waals surface area contributed by atoms with Crippen LogP contribution in [-0.4, -0.2) is 35.1 Å². The summed E-state index contributed by atoms with van der Waals surface area (Å²) < 4.78 is 5.28. The zero-order chi connectivity index (χ0) is 9.90. The molecule has 0 saturated carbocycles. The molecule has 0 bridgehead atoms. The second kappa shape index (κ2) is 4.40. The predicted molar refractivity (Wildman–Crippen MR) is 50.5 cm³/mol. The lowest BCUT2D eigenvalue weighted by Crippen LogP contribution is -2.33. The third kappa shape index (κ3) is 4.07. The summed E-state index contributed by atoms with van der Waals surface area (Å²) in [5, 5.41) is 19.1. The highest BCUT2D eigenvalue weighted by atomic mass is 16.5. The van der Waals surface area contributed by atoms with Crippen molar-refractivity contribution in [2.24, 2.45) is 5.92 Å². The Balaban J connectivity index is 2.27. The van der Waals surface area contributed by atoms with Gasteiger partial charge in [0.1, 0.15) is 0 Å². The zero-order valence-electron chi connectivity index (χ0n) is 8.49. The lowest BCUT2D eigenvalue weighted by atomic mass is 9.89. The number of aliphatic hydroxyl groups excluding tert-OH is 1. The standard InChI is InChI=1S/C10H20O3/c1-10(2,12)5-3-8-7-13-6-4-9(8)11/h8-9,11-12H,3-7H2,1-2H3. The number of rotatable bonds is 3. The predicted octanol–water partition coefficient (Wildman–Crippen LogP) is 0.935. The minimum atomic E-state index is -0.628. The number of ether oxygens (including phenoxy) is 1. The van der Waals surface area contributed by atoms with Crippen LogP contribution in [0.15, 0.2) is 0 Å². The van der Waals surface area contributed by atoms with Crippen molar-refractivity contribution >= 4 is 0 Å². The molecule has 1 rings (SSSR count). The van der Waals surface area contributed by atoms with Crippen LogP contribution in [0.25, 0.3) is 0 Å². The van der Waals surface area contributed by atoms with Crippen molar-refractivity contribution in [3.63, 3.8) is 0 Å². The third-order valence-electron chi connectivity index (χ3n) is 2.56. The number of hydrogen-bond acceptors (Lipinski definition) is 3. The number of hydrogen-bond donors (Lipinski definition) is 2. The molecule has 0 aromatic carbocycles. The molecule has 0 spiro atoms. The first-order chi connectivity index (χ1) is 5.99. The van der Waals surface area contributed by atoms with Crippen molar-refractivity contribution in [3.05, 3.63) is 0 Å². The molecule has 0 aromatic heterocycles. The minimum Gasteiger partial charge on any atom is -0.393 e. The molecule has 1 saturated heterocycles. The fraction of sp³-hybridized carbons (Fsp3) is 1.00. The normalized spacial score (nSPS) is 30.5. The minimum absolute atomic E-state index is 0.208. The van der Waals surface area contributed by atoms with Crippen LogP contribution >= 0.6 is 0 Å². The molecule has 1 aliphatic heterocycles. The molecule has 2 N–H and O–H groups in total. The van der Waals surface area contributed by atoms with E-state index in [4.69, 9.17) is 4.74 Å². The Labute approximate surface area is 79.7 Å². The van der Waals surface area contributed by atoms with Crippen LogP contribution in [0.2, 0.25) is 0 Å². The van der Waals surface area contributed by atoms with E-state index in [-0.39, 0.29) is 12.0 Å². The highest BCUT2D eigenvalue weighted by Crippen LogP contribution is 2.23. The average molecular weight is 188 g/mol. The largest absolute Gasteiger partial charge is 0.393 e. The van der Waals surface area contributed by atoms with Gasteiger partial charge in [0.05, 0.1) is 18.3 Å². The van der Waals surface area contributed by atoms with Crippen LogP contribution in [-0.2, 0) is 4.74 Å². The monoisotopic (exact) mass is 188 g/mol. The highest BCUT2D eigenvalue weighted by molar-refractivity contribution is 4.76. The van der Waals surface area contributed by atoms with Crippen LogP contribution in [0.4, 0.5) is 0 Å². The van der Waals surface area contributed by atoms with Crippen LogP contribution in [0.1, 0.15) is 33.1 Å². The van der Waals surface area contributed by atoms with Gasteiger partial charge in [0, 0.05) is 12.5 Å². The molecule has 1 fully saturated rings. The van der Waals surface area contributed by atoms with Crippen molar-refractivity contribution in [3.8, 4) is 0 Å². The first-order valence-electron chi connectivity index (χ1n) is 4.97. The van der Waals surface area contributed by atoms with Crippen LogP contribution in [0, 0.1) is 5.92 Å². The second-order valence-electron chi connectivity index (χ2n) is 4.54. The van der Waals surface area contributed by atoms with Crippen molar-refractivity contribution in [1.29, 1.82) is 0 Å². The molecular weight excluding hydrogens is 168 g/mol. The quantitative estimate of drug-likeness (QED) is 0.693. The molecule has 0 aliphatic carbocycles. The molecule has 0 amide bonds. The van der Waals surface area contributed by atoms with E-state index < -0.39 is 5.60 Å². The smallest absolute Gasteiger partial charge is 0.0612 e. The van der Waals surface area contributed by atoms with Gasteiger partial charge in [-0.15, -0.1) is 0 Å². The maximum Gasteiger partial charge on any atom is 0.0612 e. The van der Waals surface area contributed by atoms with Crippen LogP contribution in [0.5, 0.6) is 0 Å². The van der Waals surface area contributed by atoms with Gasteiger partial charge in [-0.05, 0) is 33.1 Å². The molecule has 2 atom stereocenters. The van der Waals surface area contributed by atoms with Crippen LogP contribution < -0.4 is 0 Å². The fourth-order valence-corrected chi connectivity index (χ4v) is 1.60. The molecule has 0 radical (unpaired) electrons. The summed E-state index contributed by atoms with van der Waals surface area (Å²) in [5.41, 5.74) is -0.628.